The van der Waals surface area contributed by atoms with Gasteiger partial charge in [-0.05, 0) is 26.0 Å². The van der Waals surface area contributed by atoms with Crippen LogP contribution in [0.3, 0.4) is 0 Å². The Morgan fingerprint density at radius 1 is 1.19 bits per heavy atom. The van der Waals surface area contributed by atoms with Crippen molar-refractivity contribution < 1.29 is 19.4 Å². The minimum atomic E-state index is -0.769. The lowest BCUT2D eigenvalue weighted by atomic mass is 9.93. The molecular formula is C22H28N4O4S. The van der Waals surface area contributed by atoms with Gasteiger partial charge in [-0.15, -0.1) is 0 Å². The quantitative estimate of drug-likeness (QED) is 0.728. The monoisotopic (exact) mass is 444 g/mol. The summed E-state index contributed by atoms with van der Waals surface area (Å²) in [6, 6.07) is 7.85. The van der Waals surface area contributed by atoms with Crippen LogP contribution in [0.4, 0.5) is 16.4 Å². The maximum Gasteiger partial charge on any atom is 0.310 e. The number of aliphatic imine (C=N–C) groups is 1. The largest absolute Gasteiger partial charge is 0.497 e. The number of piperazine rings is 1. The fourth-order valence-electron chi connectivity index (χ4n) is 3.85. The van der Waals surface area contributed by atoms with Gasteiger partial charge >= 0.3 is 5.97 Å². The zero-order chi connectivity index (χ0) is 22.2. The van der Waals surface area contributed by atoms with Gasteiger partial charge in [0.15, 0.2) is 5.06 Å². The molecule has 2 aliphatic rings. The number of methoxy groups -OCH3 is 2. The summed E-state index contributed by atoms with van der Waals surface area (Å²) in [6.07, 6.45) is 0. The molecule has 166 valence electrons. The Labute approximate surface area is 186 Å². The molecule has 1 fully saturated rings. The van der Waals surface area contributed by atoms with Gasteiger partial charge in [0, 0.05) is 44.9 Å². The predicted octanol–water partition coefficient (Wildman–Crippen LogP) is 3.63. The molecule has 0 bridgehead atoms. The number of benzene rings is 1. The number of thiophene rings is 1. The van der Waals surface area contributed by atoms with Crippen molar-refractivity contribution in [2.24, 2.45) is 10.4 Å². The number of anilines is 2. The Hall–Kier alpha value is -2.78. The van der Waals surface area contributed by atoms with E-state index >= 15 is 0 Å². The third-order valence-electron chi connectivity index (χ3n) is 5.70. The first-order chi connectivity index (χ1) is 14.8. The van der Waals surface area contributed by atoms with E-state index in [2.05, 4.69) is 15.1 Å². The highest BCUT2D eigenvalue weighted by molar-refractivity contribution is 7.18. The number of fused-ring (bicyclic) bond motifs is 2. The number of carbonyl (C=O) groups is 1. The van der Waals surface area contributed by atoms with Gasteiger partial charge in [-0.25, -0.2) is 4.99 Å². The zero-order valence-electron chi connectivity index (χ0n) is 18.3. The summed E-state index contributed by atoms with van der Waals surface area (Å²) >= 11 is 1.55. The molecule has 2 aromatic rings. The molecule has 1 aromatic heterocycles. The van der Waals surface area contributed by atoms with Gasteiger partial charge in [0.05, 0.1) is 36.6 Å². The molecule has 0 atom stereocenters. The molecule has 3 heterocycles. The highest BCUT2D eigenvalue weighted by Crippen LogP contribution is 2.43. The SMILES string of the molecule is COc1ccc2c(c1)N=C(N1CCN(CC(C)(C)C(=O)O)CC1)c1cc(OC)sc1N2. The molecule has 2 N–H and O–H groups in total. The number of carboxylic acids is 1. The third-order valence-corrected chi connectivity index (χ3v) is 6.71. The van der Waals surface area contributed by atoms with E-state index in [9.17, 15) is 9.90 Å². The number of aliphatic carboxylic acids is 1. The van der Waals surface area contributed by atoms with Crippen molar-refractivity contribution in [2.75, 3.05) is 52.3 Å². The van der Waals surface area contributed by atoms with Crippen molar-refractivity contribution in [1.82, 2.24) is 9.80 Å². The summed E-state index contributed by atoms with van der Waals surface area (Å²) in [6.45, 7) is 7.18. The molecule has 9 heteroatoms. The van der Waals surface area contributed by atoms with Crippen LogP contribution in [0.5, 0.6) is 10.8 Å². The van der Waals surface area contributed by atoms with Crippen LogP contribution in [-0.4, -0.2) is 73.7 Å². The molecule has 1 aromatic carbocycles. The van der Waals surface area contributed by atoms with E-state index in [0.717, 1.165) is 64.8 Å². The Kier molecular flexibility index (Phi) is 5.81. The lowest BCUT2D eigenvalue weighted by Gasteiger charge is -2.38. The second-order valence-electron chi connectivity index (χ2n) is 8.41. The predicted molar refractivity (Wildman–Crippen MR) is 123 cm³/mol. The molecule has 8 nitrogen and oxygen atoms in total. The number of rotatable bonds is 5. The van der Waals surface area contributed by atoms with Crippen molar-refractivity contribution in [3.8, 4) is 10.8 Å². The molecule has 0 aliphatic carbocycles. The molecule has 4 rings (SSSR count). The molecular weight excluding hydrogens is 416 g/mol. The fraction of sp³-hybridized carbons (Fsp3) is 0.455. The van der Waals surface area contributed by atoms with Gasteiger partial charge in [0.2, 0.25) is 0 Å². The molecule has 0 unspecified atom stereocenters. The van der Waals surface area contributed by atoms with Crippen LogP contribution < -0.4 is 14.8 Å². The van der Waals surface area contributed by atoms with Gasteiger partial charge < -0.3 is 24.8 Å². The highest BCUT2D eigenvalue weighted by Gasteiger charge is 2.32. The van der Waals surface area contributed by atoms with Gasteiger partial charge in [-0.3, -0.25) is 9.69 Å². The Morgan fingerprint density at radius 2 is 1.94 bits per heavy atom. The molecule has 0 amide bonds. The molecule has 31 heavy (non-hydrogen) atoms. The minimum Gasteiger partial charge on any atom is -0.497 e. The van der Waals surface area contributed by atoms with Crippen molar-refractivity contribution in [3.05, 3.63) is 29.8 Å². The second-order valence-corrected chi connectivity index (χ2v) is 9.42. The van der Waals surface area contributed by atoms with Crippen LogP contribution in [0, 0.1) is 5.41 Å². The molecule has 0 radical (unpaired) electrons. The van der Waals surface area contributed by atoms with E-state index in [4.69, 9.17) is 14.5 Å². The summed E-state index contributed by atoms with van der Waals surface area (Å²) in [5.74, 6) is 0.883. The Morgan fingerprint density at radius 3 is 2.58 bits per heavy atom. The van der Waals surface area contributed by atoms with Crippen molar-refractivity contribution in [3.63, 3.8) is 0 Å². The third kappa shape index (κ3) is 4.33. The maximum absolute atomic E-state index is 11.5. The molecule has 0 saturated carbocycles. The summed E-state index contributed by atoms with van der Waals surface area (Å²) in [5.41, 5.74) is 1.99. The number of hydrogen-bond donors (Lipinski definition) is 2. The van der Waals surface area contributed by atoms with Crippen LogP contribution in [-0.2, 0) is 4.79 Å². The zero-order valence-corrected chi connectivity index (χ0v) is 19.1. The topological polar surface area (TPSA) is 86.6 Å². The number of nitrogens with one attached hydrogen (secondary N) is 1. The van der Waals surface area contributed by atoms with Gasteiger partial charge in [-0.1, -0.05) is 11.3 Å². The average Bonchev–Trinajstić information content (AvgIpc) is 3.09. The number of amidine groups is 1. The molecule has 2 aliphatic heterocycles. The number of hydrogen-bond acceptors (Lipinski definition) is 8. The van der Waals surface area contributed by atoms with Gasteiger partial charge in [-0.2, -0.15) is 0 Å². The lowest BCUT2D eigenvalue weighted by molar-refractivity contribution is -0.148. The van der Waals surface area contributed by atoms with Crippen LogP contribution in [0.1, 0.15) is 19.4 Å². The van der Waals surface area contributed by atoms with E-state index < -0.39 is 11.4 Å². The van der Waals surface area contributed by atoms with E-state index in [1.807, 2.05) is 24.3 Å². The van der Waals surface area contributed by atoms with E-state index in [1.165, 1.54) is 0 Å². The van der Waals surface area contributed by atoms with Crippen LogP contribution in [0.15, 0.2) is 29.3 Å². The average molecular weight is 445 g/mol. The normalized spacial score (nSPS) is 16.5. The number of carboxylic acid groups (broad SMARTS) is 1. The highest BCUT2D eigenvalue weighted by atomic mass is 32.1. The summed E-state index contributed by atoms with van der Waals surface area (Å²) in [7, 11) is 3.32. The first-order valence-corrected chi connectivity index (χ1v) is 11.0. The van der Waals surface area contributed by atoms with Crippen LogP contribution in [0.25, 0.3) is 0 Å². The van der Waals surface area contributed by atoms with Crippen molar-refractivity contribution >= 4 is 39.5 Å². The van der Waals surface area contributed by atoms with Crippen molar-refractivity contribution in [2.45, 2.75) is 13.8 Å². The maximum atomic E-state index is 11.5. The second kappa shape index (κ2) is 8.39. The molecule has 0 spiro atoms. The fourth-order valence-corrected chi connectivity index (χ4v) is 4.73. The Bertz CT molecular complexity index is 1010. The molecule has 1 saturated heterocycles. The summed E-state index contributed by atoms with van der Waals surface area (Å²) < 4.78 is 10.9. The van der Waals surface area contributed by atoms with E-state index in [0.29, 0.717) is 6.54 Å². The van der Waals surface area contributed by atoms with Crippen LogP contribution >= 0.6 is 11.3 Å². The van der Waals surface area contributed by atoms with Crippen molar-refractivity contribution in [1.29, 1.82) is 0 Å². The van der Waals surface area contributed by atoms with Gasteiger partial charge in [0.25, 0.3) is 0 Å². The smallest absolute Gasteiger partial charge is 0.310 e. The number of nitrogens with zero attached hydrogens (tertiary/aromatic N) is 3. The summed E-state index contributed by atoms with van der Waals surface area (Å²) in [4.78, 5) is 21.0. The first-order valence-electron chi connectivity index (χ1n) is 10.2. The number of ether oxygens (including phenoxy) is 2. The van der Waals surface area contributed by atoms with E-state index in [-0.39, 0.29) is 0 Å². The minimum absolute atomic E-state index is 0.530. The lowest BCUT2D eigenvalue weighted by Crippen LogP contribution is -2.52. The van der Waals surface area contributed by atoms with Gasteiger partial charge in [0.1, 0.15) is 16.6 Å². The summed E-state index contributed by atoms with van der Waals surface area (Å²) in [5, 5.41) is 14.8. The van der Waals surface area contributed by atoms with E-state index in [1.54, 1.807) is 39.4 Å². The standard InChI is InChI=1S/C22H28N4O4S/c1-22(2,21(27)28)13-25-7-9-26(10-8-25)19-15-12-18(30-4)31-20(15)24-16-6-5-14(29-3)11-17(16)23-19/h5-6,11-12,24H,7-10,13H2,1-4H3,(H,27,28). The first kappa shape index (κ1) is 21.5. The van der Waals surface area contributed by atoms with Crippen LogP contribution in [0.2, 0.25) is 0 Å². The Balaban J connectivity index is 1.62.